The highest BCUT2D eigenvalue weighted by atomic mass is 32.2. The Morgan fingerprint density at radius 3 is 2.40 bits per heavy atom. The van der Waals surface area contributed by atoms with Crippen LogP contribution in [0.15, 0.2) is 59.5 Å². The van der Waals surface area contributed by atoms with Crippen LogP contribution < -0.4 is 4.18 Å². The average molecular weight is 288 g/mol. The lowest BCUT2D eigenvalue weighted by Gasteiger charge is -2.10. The van der Waals surface area contributed by atoms with Crippen LogP contribution >= 0.6 is 0 Å². The summed E-state index contributed by atoms with van der Waals surface area (Å²) in [6, 6.07) is 13.5. The Morgan fingerprint density at radius 2 is 1.75 bits per heavy atom. The molecule has 0 bridgehead atoms. The molecule has 0 aromatic heterocycles. The van der Waals surface area contributed by atoms with Crippen molar-refractivity contribution in [3.05, 3.63) is 65.7 Å². The summed E-state index contributed by atoms with van der Waals surface area (Å²) in [5.74, 6) is 0.331. The van der Waals surface area contributed by atoms with Gasteiger partial charge >= 0.3 is 10.1 Å². The Kier molecular flexibility index (Phi) is 4.25. The summed E-state index contributed by atoms with van der Waals surface area (Å²) >= 11 is 0. The van der Waals surface area contributed by atoms with E-state index in [-0.39, 0.29) is 4.90 Å². The Balaban J connectivity index is 2.40. The standard InChI is InChI=1S/C16H16O3S/c1-3-7-14-12-13(2)10-11-16(14)19-20(17,18)15-8-5-4-6-9-15/h3-12H,1-2H3. The van der Waals surface area contributed by atoms with E-state index in [0.29, 0.717) is 5.75 Å². The maximum Gasteiger partial charge on any atom is 0.339 e. The Hall–Kier alpha value is -2.07. The van der Waals surface area contributed by atoms with E-state index in [1.807, 2.05) is 38.1 Å². The lowest BCUT2D eigenvalue weighted by atomic mass is 10.1. The molecule has 0 spiro atoms. The SMILES string of the molecule is CC=Cc1cc(C)ccc1OS(=O)(=O)c1ccccc1. The first-order valence-corrected chi connectivity index (χ1v) is 7.66. The minimum Gasteiger partial charge on any atom is -0.378 e. The fraction of sp³-hybridized carbons (Fsp3) is 0.125. The Labute approximate surface area is 119 Å². The fourth-order valence-corrected chi connectivity index (χ4v) is 2.78. The summed E-state index contributed by atoms with van der Waals surface area (Å²) in [5.41, 5.74) is 1.79. The van der Waals surface area contributed by atoms with E-state index < -0.39 is 10.1 Å². The molecule has 0 fully saturated rings. The first kappa shape index (κ1) is 14.3. The number of benzene rings is 2. The maximum absolute atomic E-state index is 12.2. The van der Waals surface area contributed by atoms with Gasteiger partial charge < -0.3 is 4.18 Å². The van der Waals surface area contributed by atoms with E-state index in [9.17, 15) is 8.42 Å². The molecule has 0 unspecified atom stereocenters. The van der Waals surface area contributed by atoms with Gasteiger partial charge in [-0.05, 0) is 38.1 Å². The molecule has 0 aliphatic heterocycles. The minimum atomic E-state index is -3.80. The predicted molar refractivity (Wildman–Crippen MR) is 80.1 cm³/mol. The van der Waals surface area contributed by atoms with Crippen LogP contribution in [-0.4, -0.2) is 8.42 Å². The van der Waals surface area contributed by atoms with E-state index in [1.54, 1.807) is 24.3 Å². The molecular weight excluding hydrogens is 272 g/mol. The van der Waals surface area contributed by atoms with E-state index in [2.05, 4.69) is 0 Å². The van der Waals surface area contributed by atoms with Gasteiger partial charge in [0.05, 0.1) is 0 Å². The highest BCUT2D eigenvalue weighted by Crippen LogP contribution is 2.25. The van der Waals surface area contributed by atoms with Crippen molar-refractivity contribution in [3.8, 4) is 5.75 Å². The summed E-state index contributed by atoms with van der Waals surface area (Å²) in [6.07, 6.45) is 3.67. The summed E-state index contributed by atoms with van der Waals surface area (Å²) in [4.78, 5) is 0.145. The van der Waals surface area contributed by atoms with E-state index in [1.165, 1.54) is 12.1 Å². The molecule has 0 radical (unpaired) electrons. The Morgan fingerprint density at radius 1 is 1.05 bits per heavy atom. The van der Waals surface area contributed by atoms with Gasteiger partial charge in [0.25, 0.3) is 0 Å². The fourth-order valence-electron chi connectivity index (χ4n) is 1.81. The van der Waals surface area contributed by atoms with Crippen LogP contribution in [0.5, 0.6) is 5.75 Å². The molecule has 0 heterocycles. The monoisotopic (exact) mass is 288 g/mol. The van der Waals surface area contributed by atoms with Crippen molar-refractivity contribution >= 4 is 16.2 Å². The molecule has 0 aliphatic carbocycles. The van der Waals surface area contributed by atoms with E-state index >= 15 is 0 Å². The molecule has 2 aromatic carbocycles. The van der Waals surface area contributed by atoms with Gasteiger partial charge in [0.15, 0.2) is 0 Å². The van der Waals surface area contributed by atoms with Crippen molar-refractivity contribution in [2.75, 3.05) is 0 Å². The number of hydrogen-bond acceptors (Lipinski definition) is 3. The van der Waals surface area contributed by atoms with Gasteiger partial charge in [0, 0.05) is 5.56 Å². The van der Waals surface area contributed by atoms with Crippen molar-refractivity contribution in [1.29, 1.82) is 0 Å². The van der Waals surface area contributed by atoms with Gasteiger partial charge in [0.2, 0.25) is 0 Å². The van der Waals surface area contributed by atoms with Crippen LogP contribution in [0.4, 0.5) is 0 Å². The lowest BCUT2D eigenvalue weighted by Crippen LogP contribution is -2.10. The Bertz CT molecular complexity index is 717. The molecule has 2 rings (SSSR count). The number of allylic oxidation sites excluding steroid dienone is 1. The lowest BCUT2D eigenvalue weighted by molar-refractivity contribution is 0.485. The first-order chi connectivity index (χ1) is 9.53. The van der Waals surface area contributed by atoms with E-state index in [0.717, 1.165) is 11.1 Å². The van der Waals surface area contributed by atoms with Crippen LogP contribution in [-0.2, 0) is 10.1 Å². The van der Waals surface area contributed by atoms with Crippen molar-refractivity contribution in [2.45, 2.75) is 18.7 Å². The van der Waals surface area contributed by atoms with E-state index in [4.69, 9.17) is 4.18 Å². The van der Waals surface area contributed by atoms with Crippen molar-refractivity contribution in [3.63, 3.8) is 0 Å². The van der Waals surface area contributed by atoms with Crippen LogP contribution in [0.25, 0.3) is 6.08 Å². The number of rotatable bonds is 4. The molecule has 0 N–H and O–H groups in total. The molecule has 0 aliphatic rings. The highest BCUT2D eigenvalue weighted by molar-refractivity contribution is 7.87. The molecule has 0 saturated heterocycles. The third kappa shape index (κ3) is 3.27. The summed E-state index contributed by atoms with van der Waals surface area (Å²) in [7, 11) is -3.80. The predicted octanol–water partition coefficient (Wildman–Crippen LogP) is 3.80. The summed E-state index contributed by atoms with van der Waals surface area (Å²) < 4.78 is 29.6. The van der Waals surface area contributed by atoms with Gasteiger partial charge in [-0.15, -0.1) is 0 Å². The molecule has 3 nitrogen and oxygen atoms in total. The molecule has 0 atom stereocenters. The van der Waals surface area contributed by atoms with Crippen LogP contribution in [0.2, 0.25) is 0 Å². The van der Waals surface area contributed by atoms with Crippen molar-refractivity contribution in [2.24, 2.45) is 0 Å². The first-order valence-electron chi connectivity index (χ1n) is 6.26. The number of hydrogen-bond donors (Lipinski definition) is 0. The highest BCUT2D eigenvalue weighted by Gasteiger charge is 2.17. The molecule has 0 amide bonds. The topological polar surface area (TPSA) is 43.4 Å². The van der Waals surface area contributed by atoms with Crippen LogP contribution in [0.3, 0.4) is 0 Å². The zero-order valence-electron chi connectivity index (χ0n) is 11.4. The minimum absolute atomic E-state index is 0.145. The number of aryl methyl sites for hydroxylation is 1. The van der Waals surface area contributed by atoms with Gasteiger partial charge in [-0.3, -0.25) is 0 Å². The third-order valence-corrected chi connectivity index (χ3v) is 3.99. The molecule has 20 heavy (non-hydrogen) atoms. The summed E-state index contributed by atoms with van der Waals surface area (Å²) in [5, 5.41) is 0. The second kappa shape index (κ2) is 5.92. The van der Waals surface area contributed by atoms with Crippen LogP contribution in [0, 0.1) is 6.92 Å². The van der Waals surface area contributed by atoms with Gasteiger partial charge in [-0.2, -0.15) is 8.42 Å². The zero-order valence-corrected chi connectivity index (χ0v) is 12.2. The molecule has 2 aromatic rings. The van der Waals surface area contributed by atoms with Crippen molar-refractivity contribution < 1.29 is 12.6 Å². The molecule has 104 valence electrons. The molecule has 4 heteroatoms. The van der Waals surface area contributed by atoms with Gasteiger partial charge in [-0.1, -0.05) is 42.0 Å². The van der Waals surface area contributed by atoms with Gasteiger partial charge in [-0.25, -0.2) is 0 Å². The van der Waals surface area contributed by atoms with Crippen LogP contribution in [0.1, 0.15) is 18.1 Å². The van der Waals surface area contributed by atoms with Crippen molar-refractivity contribution in [1.82, 2.24) is 0 Å². The molecular formula is C16H16O3S. The smallest absolute Gasteiger partial charge is 0.339 e. The summed E-state index contributed by atoms with van der Waals surface area (Å²) in [6.45, 7) is 3.82. The second-order valence-electron chi connectivity index (χ2n) is 4.39. The third-order valence-electron chi connectivity index (χ3n) is 2.74. The largest absolute Gasteiger partial charge is 0.378 e. The average Bonchev–Trinajstić information content (AvgIpc) is 2.43. The van der Waals surface area contributed by atoms with Gasteiger partial charge in [0.1, 0.15) is 10.6 Å². The zero-order chi connectivity index (χ0) is 14.6. The molecule has 0 saturated carbocycles. The second-order valence-corrected chi connectivity index (χ2v) is 5.94. The quantitative estimate of drug-likeness (QED) is 0.804. The maximum atomic E-state index is 12.2. The normalized spacial score (nSPS) is 11.7.